The molecule has 0 saturated carbocycles. The quantitative estimate of drug-likeness (QED) is 0.331. The van der Waals surface area contributed by atoms with Gasteiger partial charge in [-0.1, -0.05) is 24.3 Å². The minimum atomic E-state index is -0.210. The van der Waals surface area contributed by atoms with Crippen molar-refractivity contribution in [1.82, 2.24) is 34.0 Å². The number of thiazole rings is 1. The molecule has 5 heterocycles. The Morgan fingerprint density at radius 1 is 1.05 bits per heavy atom. The van der Waals surface area contributed by atoms with Crippen molar-refractivity contribution in [2.45, 2.75) is 12.8 Å². The van der Waals surface area contributed by atoms with E-state index in [2.05, 4.69) is 52.1 Å². The Morgan fingerprint density at radius 3 is 2.79 bits per heavy atom. The van der Waals surface area contributed by atoms with E-state index in [9.17, 15) is 4.79 Å². The summed E-state index contributed by atoms with van der Waals surface area (Å²) >= 11 is 1.47. The third-order valence-corrected chi connectivity index (χ3v) is 7.89. The number of nitrogens with zero attached hydrogens (tertiary/aromatic N) is 8. The van der Waals surface area contributed by atoms with Crippen molar-refractivity contribution in [3.8, 4) is 5.13 Å². The maximum atomic E-state index is 13.7. The summed E-state index contributed by atoms with van der Waals surface area (Å²) < 4.78 is 3.40. The lowest BCUT2D eigenvalue weighted by Gasteiger charge is -2.21. The molecular weight excluding hydrogens is 496 g/mol. The minimum Gasteiger partial charge on any atom is -0.370 e. The topological polar surface area (TPSA) is 84.5 Å². The molecule has 0 bridgehead atoms. The standard InChI is InChI=1S/C28H26N8OS/c1-33(2)12-13-34-11-9-19-15-18(7-8-22(19)34)16-24-30-17-21-25(31-24)32-26-20-5-3-4-6-23(20)35(36(26)27(21)37)28-29-10-14-38-28/h3-8,10,14-15,17H,9,11-13,16H2,1-2H3. The molecule has 0 aliphatic carbocycles. The molecule has 0 saturated heterocycles. The number of likely N-dealkylation sites (N-methyl/N-ethyl adjacent to an activating group) is 1. The Bertz CT molecular complexity index is 1870. The van der Waals surface area contributed by atoms with Crippen LogP contribution in [0, 0.1) is 0 Å². The first-order valence-corrected chi connectivity index (χ1v) is 13.5. The maximum Gasteiger partial charge on any atom is 0.284 e. The molecule has 7 rings (SSSR count). The fraction of sp³-hybridized carbons (Fsp3) is 0.250. The summed E-state index contributed by atoms with van der Waals surface area (Å²) in [4.78, 5) is 37.0. The van der Waals surface area contributed by atoms with Gasteiger partial charge in [0.2, 0.25) is 5.13 Å². The Labute approximate surface area is 222 Å². The molecule has 9 nitrogen and oxygen atoms in total. The molecule has 6 aromatic rings. The first-order valence-electron chi connectivity index (χ1n) is 12.7. The highest BCUT2D eigenvalue weighted by atomic mass is 32.1. The van der Waals surface area contributed by atoms with E-state index in [-0.39, 0.29) is 5.56 Å². The van der Waals surface area contributed by atoms with E-state index in [1.54, 1.807) is 16.9 Å². The summed E-state index contributed by atoms with van der Waals surface area (Å²) in [6.45, 7) is 3.12. The smallest absolute Gasteiger partial charge is 0.284 e. The fourth-order valence-corrected chi connectivity index (χ4v) is 5.93. The van der Waals surface area contributed by atoms with Gasteiger partial charge in [-0.3, -0.25) is 4.79 Å². The van der Waals surface area contributed by atoms with Gasteiger partial charge in [-0.15, -0.1) is 11.3 Å². The number of rotatable bonds is 6. The average Bonchev–Trinajstić information content (AvgIpc) is 3.65. The summed E-state index contributed by atoms with van der Waals surface area (Å²) in [6.07, 6.45) is 4.98. The van der Waals surface area contributed by atoms with Crippen LogP contribution in [0.1, 0.15) is 17.0 Å². The van der Waals surface area contributed by atoms with Gasteiger partial charge in [0.25, 0.3) is 5.56 Å². The predicted molar refractivity (Wildman–Crippen MR) is 151 cm³/mol. The van der Waals surface area contributed by atoms with Crippen molar-refractivity contribution < 1.29 is 0 Å². The molecule has 4 aromatic heterocycles. The minimum absolute atomic E-state index is 0.210. The van der Waals surface area contributed by atoms with Crippen LogP contribution < -0.4 is 10.5 Å². The number of hydrogen-bond donors (Lipinski definition) is 0. The van der Waals surface area contributed by atoms with Crippen LogP contribution >= 0.6 is 11.3 Å². The van der Waals surface area contributed by atoms with Crippen molar-refractivity contribution >= 4 is 44.6 Å². The third kappa shape index (κ3) is 3.75. The largest absolute Gasteiger partial charge is 0.370 e. The van der Waals surface area contributed by atoms with Crippen molar-refractivity contribution in [1.29, 1.82) is 0 Å². The van der Waals surface area contributed by atoms with E-state index in [0.717, 1.165) is 42.5 Å². The Morgan fingerprint density at radius 2 is 1.95 bits per heavy atom. The van der Waals surface area contributed by atoms with E-state index >= 15 is 0 Å². The number of aromatic nitrogens is 6. The van der Waals surface area contributed by atoms with E-state index < -0.39 is 0 Å². The van der Waals surface area contributed by atoms with Gasteiger partial charge in [0.15, 0.2) is 11.3 Å². The van der Waals surface area contributed by atoms with E-state index in [0.29, 0.717) is 34.1 Å². The van der Waals surface area contributed by atoms with Crippen LogP contribution in [0.15, 0.2) is 65.0 Å². The Hall–Kier alpha value is -4.15. The van der Waals surface area contributed by atoms with Gasteiger partial charge < -0.3 is 9.80 Å². The Kier molecular flexibility index (Phi) is 5.45. The molecule has 2 aromatic carbocycles. The number of anilines is 1. The van der Waals surface area contributed by atoms with Gasteiger partial charge in [-0.05, 0) is 49.8 Å². The molecule has 0 unspecified atom stereocenters. The first kappa shape index (κ1) is 23.0. The lowest BCUT2D eigenvalue weighted by atomic mass is 10.1. The van der Waals surface area contributed by atoms with Crippen molar-refractivity contribution in [3.05, 3.63) is 87.5 Å². The molecule has 0 radical (unpaired) electrons. The second-order valence-electron chi connectivity index (χ2n) is 9.90. The van der Waals surface area contributed by atoms with Gasteiger partial charge in [-0.2, -0.15) is 4.52 Å². The highest BCUT2D eigenvalue weighted by molar-refractivity contribution is 7.12. The summed E-state index contributed by atoms with van der Waals surface area (Å²) in [5.74, 6) is 0.653. The SMILES string of the molecule is CN(C)CCN1CCc2cc(Cc3ncc4c(=O)n5c(nc4n3)c3ccccc3n5-c3nccs3)ccc21. The second-order valence-corrected chi connectivity index (χ2v) is 10.8. The normalized spacial score (nSPS) is 13.4. The van der Waals surface area contributed by atoms with E-state index in [4.69, 9.17) is 9.97 Å². The highest BCUT2D eigenvalue weighted by Crippen LogP contribution is 2.29. The van der Waals surface area contributed by atoms with Crippen molar-refractivity contribution in [2.24, 2.45) is 0 Å². The second kappa shape index (κ2) is 9.00. The van der Waals surface area contributed by atoms with Crippen LogP contribution in [0.25, 0.3) is 32.7 Å². The van der Waals surface area contributed by atoms with Crippen LogP contribution in [0.3, 0.4) is 0 Å². The molecule has 1 aliphatic rings. The predicted octanol–water partition coefficient (Wildman–Crippen LogP) is 3.55. The molecule has 0 atom stereocenters. The summed E-state index contributed by atoms with van der Waals surface area (Å²) in [6, 6.07) is 14.5. The fourth-order valence-electron chi connectivity index (χ4n) is 5.28. The van der Waals surface area contributed by atoms with E-state index in [1.807, 2.05) is 34.3 Å². The zero-order valence-corrected chi connectivity index (χ0v) is 22.0. The monoisotopic (exact) mass is 522 g/mol. The van der Waals surface area contributed by atoms with Gasteiger partial charge in [-0.25, -0.2) is 24.6 Å². The van der Waals surface area contributed by atoms with Crippen molar-refractivity contribution in [2.75, 3.05) is 38.6 Å². The first-order chi connectivity index (χ1) is 18.6. The number of benzene rings is 2. The zero-order valence-electron chi connectivity index (χ0n) is 21.2. The van der Waals surface area contributed by atoms with Gasteiger partial charge >= 0.3 is 0 Å². The highest BCUT2D eigenvalue weighted by Gasteiger charge is 2.21. The van der Waals surface area contributed by atoms with Crippen LogP contribution in [0.4, 0.5) is 5.69 Å². The molecule has 38 heavy (non-hydrogen) atoms. The van der Waals surface area contributed by atoms with Crippen LogP contribution in [-0.2, 0) is 12.8 Å². The third-order valence-electron chi connectivity index (χ3n) is 7.14. The average molecular weight is 523 g/mol. The summed E-state index contributed by atoms with van der Waals surface area (Å²) in [7, 11) is 4.22. The molecule has 0 N–H and O–H groups in total. The summed E-state index contributed by atoms with van der Waals surface area (Å²) in [5, 5.41) is 3.86. The molecule has 0 fully saturated rings. The number of fused-ring (bicyclic) bond motifs is 5. The lowest BCUT2D eigenvalue weighted by Crippen LogP contribution is -2.30. The van der Waals surface area contributed by atoms with Crippen LogP contribution in [0.5, 0.6) is 0 Å². The van der Waals surface area contributed by atoms with Gasteiger partial charge in [0.05, 0.1) is 5.52 Å². The molecule has 0 amide bonds. The van der Waals surface area contributed by atoms with Crippen molar-refractivity contribution in [3.63, 3.8) is 0 Å². The summed E-state index contributed by atoms with van der Waals surface area (Å²) in [5.41, 5.74) is 5.49. The van der Waals surface area contributed by atoms with E-state index in [1.165, 1.54) is 22.6 Å². The Balaban J connectivity index is 1.27. The van der Waals surface area contributed by atoms with Crippen LogP contribution in [0.2, 0.25) is 0 Å². The van der Waals surface area contributed by atoms with Gasteiger partial charge in [0, 0.05) is 54.9 Å². The zero-order chi connectivity index (χ0) is 25.8. The molecule has 10 heteroatoms. The number of para-hydroxylation sites is 1. The molecule has 190 valence electrons. The van der Waals surface area contributed by atoms with Crippen LogP contribution in [-0.4, -0.2) is 67.8 Å². The molecule has 1 aliphatic heterocycles. The molecular formula is C28H26N8OS. The maximum absolute atomic E-state index is 13.7. The molecule has 0 spiro atoms. The number of hydrogen-bond acceptors (Lipinski definition) is 8. The lowest BCUT2D eigenvalue weighted by molar-refractivity contribution is 0.414. The van der Waals surface area contributed by atoms with Gasteiger partial charge in [0.1, 0.15) is 11.2 Å².